The van der Waals surface area contributed by atoms with Gasteiger partial charge in [0.25, 0.3) is 0 Å². The van der Waals surface area contributed by atoms with E-state index in [1.54, 1.807) is 6.20 Å². The van der Waals surface area contributed by atoms with E-state index < -0.39 is 12.6 Å². The maximum Gasteiger partial charge on any atom is 0.390 e. The van der Waals surface area contributed by atoms with E-state index in [4.69, 9.17) is 0 Å². The van der Waals surface area contributed by atoms with Crippen molar-refractivity contribution in [3.05, 3.63) is 30.1 Å². The first-order valence-electron chi connectivity index (χ1n) is 7.82. The van der Waals surface area contributed by atoms with Crippen molar-refractivity contribution in [2.75, 3.05) is 19.6 Å². The number of alkyl halides is 3. The zero-order valence-corrected chi connectivity index (χ0v) is 13.8. The van der Waals surface area contributed by atoms with Crippen molar-refractivity contribution < 1.29 is 13.2 Å². The number of hydrogen-bond acceptors (Lipinski definition) is 2. The Balaban J connectivity index is 2.69. The molecular weight excluding hydrogens is 305 g/mol. The van der Waals surface area contributed by atoms with Crippen molar-refractivity contribution >= 4 is 5.96 Å². The Morgan fingerprint density at radius 2 is 2.04 bits per heavy atom. The number of guanidine groups is 1. The van der Waals surface area contributed by atoms with Crippen LogP contribution in [0.25, 0.3) is 0 Å². The number of nitrogens with zero attached hydrogens (tertiary/aromatic N) is 2. The third kappa shape index (κ3) is 7.85. The fourth-order valence-electron chi connectivity index (χ4n) is 2.15. The monoisotopic (exact) mass is 330 g/mol. The van der Waals surface area contributed by atoms with E-state index in [0.29, 0.717) is 25.0 Å². The molecule has 1 unspecified atom stereocenters. The molecule has 0 saturated carbocycles. The highest BCUT2D eigenvalue weighted by atomic mass is 19.4. The van der Waals surface area contributed by atoms with Crippen molar-refractivity contribution in [3.8, 4) is 0 Å². The normalized spacial score (nSPS) is 14.0. The van der Waals surface area contributed by atoms with Crippen LogP contribution in [0.2, 0.25) is 0 Å². The number of hydrogen-bond donors (Lipinski definition) is 2. The third-order valence-electron chi connectivity index (χ3n) is 3.41. The standard InChI is InChI=1S/C16H25F3N4/c1-4-21-15(22-9-7-16(17,18)19)23-11-14(12(2)3)13-6-5-8-20-10-13/h5-6,8,10,12,14H,4,7,9,11H2,1-3H3,(H2,21,22,23). The number of aromatic nitrogens is 1. The van der Waals surface area contributed by atoms with Crippen molar-refractivity contribution in [1.82, 2.24) is 15.6 Å². The van der Waals surface area contributed by atoms with E-state index >= 15 is 0 Å². The Labute approximate surface area is 135 Å². The molecule has 0 aliphatic heterocycles. The molecule has 0 fully saturated rings. The molecular formula is C16H25F3N4. The van der Waals surface area contributed by atoms with Crippen molar-refractivity contribution in [2.45, 2.75) is 39.3 Å². The molecule has 4 nitrogen and oxygen atoms in total. The van der Waals surface area contributed by atoms with Crippen LogP contribution in [0.4, 0.5) is 13.2 Å². The highest BCUT2D eigenvalue weighted by Gasteiger charge is 2.26. The summed E-state index contributed by atoms with van der Waals surface area (Å²) in [4.78, 5) is 8.55. The third-order valence-corrected chi connectivity index (χ3v) is 3.41. The molecule has 130 valence electrons. The molecule has 0 saturated heterocycles. The van der Waals surface area contributed by atoms with Gasteiger partial charge in [0.15, 0.2) is 5.96 Å². The van der Waals surface area contributed by atoms with Crippen LogP contribution in [-0.2, 0) is 0 Å². The molecule has 1 aromatic rings. The van der Waals surface area contributed by atoms with Gasteiger partial charge in [-0.05, 0) is 24.5 Å². The van der Waals surface area contributed by atoms with Crippen molar-refractivity contribution in [1.29, 1.82) is 0 Å². The van der Waals surface area contributed by atoms with Gasteiger partial charge in [-0.15, -0.1) is 0 Å². The molecule has 0 aromatic carbocycles. The maximum atomic E-state index is 12.2. The number of aliphatic imine (C=N–C) groups is 1. The Morgan fingerprint density at radius 1 is 1.30 bits per heavy atom. The molecule has 0 amide bonds. The largest absolute Gasteiger partial charge is 0.390 e. The fraction of sp³-hybridized carbons (Fsp3) is 0.625. The van der Waals surface area contributed by atoms with Gasteiger partial charge in [0.1, 0.15) is 0 Å². The maximum absolute atomic E-state index is 12.2. The minimum atomic E-state index is -4.17. The van der Waals surface area contributed by atoms with E-state index in [2.05, 4.69) is 34.5 Å². The van der Waals surface area contributed by atoms with Crippen LogP contribution in [0.3, 0.4) is 0 Å². The lowest BCUT2D eigenvalue weighted by Gasteiger charge is -2.20. The van der Waals surface area contributed by atoms with E-state index in [1.807, 2.05) is 25.3 Å². The van der Waals surface area contributed by atoms with Gasteiger partial charge in [0.2, 0.25) is 0 Å². The topological polar surface area (TPSA) is 49.3 Å². The first-order chi connectivity index (χ1) is 10.8. The molecule has 1 aromatic heterocycles. The van der Waals surface area contributed by atoms with Gasteiger partial charge in [-0.3, -0.25) is 9.98 Å². The van der Waals surface area contributed by atoms with E-state index in [9.17, 15) is 13.2 Å². The zero-order valence-electron chi connectivity index (χ0n) is 13.8. The van der Waals surface area contributed by atoms with Crippen LogP contribution in [0.15, 0.2) is 29.5 Å². The average Bonchev–Trinajstić information content (AvgIpc) is 2.47. The number of pyridine rings is 1. The second kappa shape index (κ2) is 9.37. The Morgan fingerprint density at radius 3 is 2.57 bits per heavy atom. The summed E-state index contributed by atoms with van der Waals surface area (Å²) in [5.41, 5.74) is 1.08. The summed E-state index contributed by atoms with van der Waals surface area (Å²) in [6.45, 7) is 6.97. The first-order valence-corrected chi connectivity index (χ1v) is 7.82. The molecule has 0 radical (unpaired) electrons. The average molecular weight is 330 g/mol. The summed E-state index contributed by atoms with van der Waals surface area (Å²) in [6.07, 6.45) is -1.52. The summed E-state index contributed by atoms with van der Waals surface area (Å²) in [5, 5.41) is 5.70. The van der Waals surface area contributed by atoms with Crippen molar-refractivity contribution in [2.24, 2.45) is 10.9 Å². The van der Waals surface area contributed by atoms with Gasteiger partial charge < -0.3 is 10.6 Å². The predicted molar refractivity (Wildman–Crippen MR) is 86.5 cm³/mol. The van der Waals surface area contributed by atoms with E-state index in [0.717, 1.165) is 5.56 Å². The lowest BCUT2D eigenvalue weighted by atomic mass is 9.89. The van der Waals surface area contributed by atoms with Crippen molar-refractivity contribution in [3.63, 3.8) is 0 Å². The molecule has 1 heterocycles. The van der Waals surface area contributed by atoms with Crippen LogP contribution >= 0.6 is 0 Å². The van der Waals surface area contributed by atoms with Crippen LogP contribution in [-0.4, -0.2) is 36.8 Å². The summed E-state index contributed by atoms with van der Waals surface area (Å²) >= 11 is 0. The van der Waals surface area contributed by atoms with Gasteiger partial charge in [0.05, 0.1) is 6.42 Å². The SMILES string of the molecule is CCNC(=NCC(c1cccnc1)C(C)C)NCCC(F)(F)F. The molecule has 1 rings (SSSR count). The summed E-state index contributed by atoms with van der Waals surface area (Å²) in [6, 6.07) is 3.87. The molecule has 0 spiro atoms. The van der Waals surface area contributed by atoms with E-state index in [1.165, 1.54) is 0 Å². The van der Waals surface area contributed by atoms with E-state index in [-0.39, 0.29) is 12.5 Å². The first kappa shape index (κ1) is 19.3. The lowest BCUT2D eigenvalue weighted by Crippen LogP contribution is -2.39. The van der Waals surface area contributed by atoms with Gasteiger partial charge in [-0.25, -0.2) is 0 Å². The van der Waals surface area contributed by atoms with Crippen LogP contribution in [0, 0.1) is 5.92 Å². The highest BCUT2D eigenvalue weighted by molar-refractivity contribution is 5.79. The number of nitrogens with one attached hydrogen (secondary N) is 2. The molecule has 23 heavy (non-hydrogen) atoms. The smallest absolute Gasteiger partial charge is 0.357 e. The minimum absolute atomic E-state index is 0.168. The quantitative estimate of drug-likeness (QED) is 0.595. The molecule has 0 aliphatic carbocycles. The Kier molecular flexibility index (Phi) is 7.85. The Hall–Kier alpha value is -1.79. The fourth-order valence-corrected chi connectivity index (χ4v) is 2.15. The molecule has 1 atom stereocenters. The Bertz CT molecular complexity index is 472. The van der Waals surface area contributed by atoms with Crippen LogP contribution in [0.1, 0.15) is 38.7 Å². The molecule has 0 aliphatic rings. The summed E-state index contributed by atoms with van der Waals surface area (Å²) < 4.78 is 36.7. The second-order valence-corrected chi connectivity index (χ2v) is 5.65. The minimum Gasteiger partial charge on any atom is -0.357 e. The number of rotatable bonds is 7. The second-order valence-electron chi connectivity index (χ2n) is 5.65. The molecule has 2 N–H and O–H groups in total. The van der Waals surface area contributed by atoms with Gasteiger partial charge >= 0.3 is 6.18 Å². The van der Waals surface area contributed by atoms with Gasteiger partial charge in [-0.1, -0.05) is 19.9 Å². The van der Waals surface area contributed by atoms with Crippen LogP contribution < -0.4 is 10.6 Å². The summed E-state index contributed by atoms with van der Waals surface area (Å²) in [7, 11) is 0. The predicted octanol–water partition coefficient (Wildman–Crippen LogP) is 3.33. The van der Waals surface area contributed by atoms with Gasteiger partial charge in [0, 0.05) is 37.9 Å². The molecule has 7 heteroatoms. The van der Waals surface area contributed by atoms with Crippen LogP contribution in [0.5, 0.6) is 0 Å². The lowest BCUT2D eigenvalue weighted by molar-refractivity contribution is -0.132. The summed E-state index contributed by atoms with van der Waals surface area (Å²) in [5.74, 6) is 0.925. The zero-order chi connectivity index (χ0) is 17.3. The van der Waals surface area contributed by atoms with Gasteiger partial charge in [-0.2, -0.15) is 13.2 Å². The molecule has 0 bridgehead atoms. The highest BCUT2D eigenvalue weighted by Crippen LogP contribution is 2.24. The number of halogens is 3.